The first-order valence-electron chi connectivity index (χ1n) is 10.6. The lowest BCUT2D eigenvalue weighted by molar-refractivity contribution is -0.930. The van der Waals surface area contributed by atoms with Crippen LogP contribution in [0.2, 0.25) is 5.02 Å². The Balaban J connectivity index is 1.76. The number of halogens is 1. The highest BCUT2D eigenvalue weighted by molar-refractivity contribution is 7.16. The molecule has 1 atom stereocenters. The van der Waals surface area contributed by atoms with E-state index in [1.807, 2.05) is 42.5 Å². The van der Waals surface area contributed by atoms with Crippen LogP contribution in [0.15, 0.2) is 54.6 Å². The number of carbonyl (C=O) groups excluding carboxylic acids is 1. The Kier molecular flexibility index (Phi) is 6.57. The van der Waals surface area contributed by atoms with E-state index in [0.29, 0.717) is 5.56 Å². The first-order valence-corrected chi connectivity index (χ1v) is 11.8. The summed E-state index contributed by atoms with van der Waals surface area (Å²) < 4.78 is 0. The van der Waals surface area contributed by atoms with Crippen LogP contribution >= 0.6 is 22.9 Å². The average molecular weight is 440 g/mol. The van der Waals surface area contributed by atoms with Crippen molar-refractivity contribution in [3.8, 4) is 0 Å². The zero-order chi connectivity index (χ0) is 21.1. The first kappa shape index (κ1) is 21.1. The van der Waals surface area contributed by atoms with E-state index in [9.17, 15) is 4.79 Å². The molecule has 0 saturated carbocycles. The van der Waals surface area contributed by atoms with Crippen LogP contribution < -0.4 is 10.2 Å². The van der Waals surface area contributed by atoms with Crippen molar-refractivity contribution >= 4 is 33.8 Å². The van der Waals surface area contributed by atoms with Crippen molar-refractivity contribution in [3.05, 3.63) is 86.8 Å². The van der Waals surface area contributed by atoms with Crippen molar-refractivity contribution in [1.29, 1.82) is 0 Å². The number of quaternary nitrogens is 1. The quantitative estimate of drug-likeness (QED) is 0.546. The molecule has 1 aromatic heterocycles. The fourth-order valence-corrected chi connectivity index (χ4v) is 5.63. The lowest BCUT2D eigenvalue weighted by Gasteiger charge is -2.33. The third-order valence-corrected chi connectivity index (χ3v) is 7.48. The highest BCUT2D eigenvalue weighted by Gasteiger charge is 2.33. The summed E-state index contributed by atoms with van der Waals surface area (Å²) in [5, 5.41) is 4.95. The molecule has 30 heavy (non-hydrogen) atoms. The summed E-state index contributed by atoms with van der Waals surface area (Å²) in [5.74, 6) is -0.0541. The van der Waals surface area contributed by atoms with Gasteiger partial charge in [-0.05, 0) is 62.9 Å². The second-order valence-electron chi connectivity index (χ2n) is 8.05. The Hall–Kier alpha value is -2.14. The van der Waals surface area contributed by atoms with Crippen molar-refractivity contribution in [2.45, 2.75) is 39.2 Å². The van der Waals surface area contributed by atoms with Gasteiger partial charge in [0.2, 0.25) is 0 Å². The minimum atomic E-state index is -0.0541. The van der Waals surface area contributed by atoms with Crippen molar-refractivity contribution < 1.29 is 9.69 Å². The number of hydrogen-bond acceptors (Lipinski definition) is 2. The predicted octanol–water partition coefficient (Wildman–Crippen LogP) is 5.43. The maximum Gasteiger partial charge on any atom is 0.256 e. The molecule has 3 nitrogen and oxygen atoms in total. The Labute approximate surface area is 187 Å². The number of nitrogens with one attached hydrogen (secondary N) is 2. The third-order valence-electron chi connectivity index (χ3n) is 6.09. The monoisotopic (exact) mass is 439 g/mol. The average Bonchev–Trinajstić information content (AvgIpc) is 3.04. The minimum Gasteiger partial charge on any atom is -0.325 e. The fraction of sp³-hybridized carbons (Fsp3) is 0.320. The van der Waals surface area contributed by atoms with Crippen molar-refractivity contribution in [3.63, 3.8) is 0 Å². The van der Waals surface area contributed by atoms with E-state index in [-0.39, 0.29) is 11.9 Å². The first-order chi connectivity index (χ1) is 14.5. The number of hydrogen-bond donors (Lipinski definition) is 2. The van der Waals surface area contributed by atoms with Gasteiger partial charge in [-0.15, -0.1) is 11.3 Å². The van der Waals surface area contributed by atoms with Crippen molar-refractivity contribution in [1.82, 2.24) is 0 Å². The van der Waals surface area contributed by atoms with Crippen LogP contribution in [0.25, 0.3) is 0 Å². The zero-order valence-electron chi connectivity index (χ0n) is 17.5. The highest BCUT2D eigenvalue weighted by Crippen LogP contribution is 2.39. The molecule has 1 fully saturated rings. The molecular weight excluding hydrogens is 412 g/mol. The van der Waals surface area contributed by atoms with Crippen LogP contribution in [0.1, 0.15) is 57.2 Å². The molecule has 0 radical (unpaired) electrons. The molecule has 3 aromatic rings. The minimum absolute atomic E-state index is 0.0541. The lowest BCUT2D eigenvalue weighted by Crippen LogP contribution is -3.13. The summed E-state index contributed by atoms with van der Waals surface area (Å²) in [4.78, 5) is 15.8. The highest BCUT2D eigenvalue weighted by atomic mass is 35.5. The molecule has 5 heteroatoms. The predicted molar refractivity (Wildman–Crippen MR) is 126 cm³/mol. The van der Waals surface area contributed by atoms with Crippen LogP contribution in [0.4, 0.5) is 5.00 Å². The van der Waals surface area contributed by atoms with Gasteiger partial charge in [0, 0.05) is 21.0 Å². The van der Waals surface area contributed by atoms with Crippen LogP contribution in [-0.2, 0) is 0 Å². The third kappa shape index (κ3) is 4.46. The number of carbonyl (C=O) groups is 1. The van der Waals surface area contributed by atoms with Gasteiger partial charge in [0.25, 0.3) is 5.91 Å². The van der Waals surface area contributed by atoms with E-state index in [4.69, 9.17) is 11.6 Å². The normalized spacial score (nSPS) is 15.7. The van der Waals surface area contributed by atoms with Gasteiger partial charge in [-0.1, -0.05) is 41.9 Å². The number of rotatable bonds is 5. The van der Waals surface area contributed by atoms with Crippen molar-refractivity contribution in [2.75, 3.05) is 18.4 Å². The second kappa shape index (κ2) is 9.34. The molecule has 4 rings (SSSR count). The number of aryl methyl sites for hydroxylation is 1. The number of likely N-dealkylation sites (tertiary alicyclic amines) is 1. The lowest BCUT2D eigenvalue weighted by atomic mass is 9.93. The standard InChI is InChI=1S/C25H27ClN2OS/c1-17-18(2)30-25(27-24(29)20-9-5-3-6-10-20)22(17)23(28-15-7-4-8-16-28)19-11-13-21(26)14-12-19/h3,5-6,9-14,23H,4,7-8,15-16H2,1-2H3,(H,27,29)/p+1/t23-/m1/s1. The Morgan fingerprint density at radius 2 is 1.67 bits per heavy atom. The van der Waals surface area contributed by atoms with Gasteiger partial charge in [-0.2, -0.15) is 0 Å². The number of anilines is 1. The Bertz CT molecular complexity index is 1010. The van der Waals surface area contributed by atoms with E-state index in [2.05, 4.69) is 31.3 Å². The number of piperidine rings is 1. The molecule has 1 amide bonds. The van der Waals surface area contributed by atoms with E-state index < -0.39 is 0 Å². The van der Waals surface area contributed by atoms with Crippen LogP contribution in [-0.4, -0.2) is 19.0 Å². The number of amides is 1. The molecule has 1 aliphatic heterocycles. The summed E-state index contributed by atoms with van der Waals surface area (Å²) in [7, 11) is 0. The molecule has 0 aliphatic carbocycles. The maximum absolute atomic E-state index is 12.9. The largest absolute Gasteiger partial charge is 0.325 e. The molecule has 2 aromatic carbocycles. The van der Waals surface area contributed by atoms with Crippen LogP contribution in [0.5, 0.6) is 0 Å². The molecule has 1 aliphatic rings. The number of benzene rings is 2. The summed E-state index contributed by atoms with van der Waals surface area (Å²) in [6.45, 7) is 6.62. The Morgan fingerprint density at radius 3 is 2.33 bits per heavy atom. The van der Waals surface area contributed by atoms with Gasteiger partial charge in [0.1, 0.15) is 11.0 Å². The second-order valence-corrected chi connectivity index (χ2v) is 9.71. The van der Waals surface area contributed by atoms with E-state index in [1.165, 1.54) is 40.8 Å². The molecule has 1 saturated heterocycles. The maximum atomic E-state index is 12.9. The van der Waals surface area contributed by atoms with Gasteiger partial charge >= 0.3 is 0 Å². The number of thiophene rings is 1. The Morgan fingerprint density at radius 1 is 1.00 bits per heavy atom. The van der Waals surface area contributed by atoms with Gasteiger partial charge in [-0.25, -0.2) is 0 Å². The van der Waals surface area contributed by atoms with Gasteiger partial charge in [0.05, 0.1) is 18.7 Å². The van der Waals surface area contributed by atoms with E-state index >= 15 is 0 Å². The zero-order valence-corrected chi connectivity index (χ0v) is 19.1. The molecule has 0 unspecified atom stereocenters. The summed E-state index contributed by atoms with van der Waals surface area (Å²) in [6.07, 6.45) is 3.79. The van der Waals surface area contributed by atoms with E-state index in [1.54, 1.807) is 16.2 Å². The molecule has 156 valence electrons. The van der Waals surface area contributed by atoms with Crippen LogP contribution in [0.3, 0.4) is 0 Å². The van der Waals surface area contributed by atoms with Crippen LogP contribution in [0, 0.1) is 13.8 Å². The smallest absolute Gasteiger partial charge is 0.256 e. The van der Waals surface area contributed by atoms with Gasteiger partial charge in [-0.3, -0.25) is 4.79 Å². The molecular formula is C25H28ClN2OS+. The molecule has 0 bridgehead atoms. The molecule has 2 N–H and O–H groups in total. The summed E-state index contributed by atoms with van der Waals surface area (Å²) in [5.41, 5.74) is 4.47. The van der Waals surface area contributed by atoms with E-state index in [0.717, 1.165) is 23.1 Å². The fourth-order valence-electron chi connectivity index (χ4n) is 4.41. The summed E-state index contributed by atoms with van der Waals surface area (Å²) in [6, 6.07) is 17.9. The topological polar surface area (TPSA) is 33.5 Å². The molecule has 0 spiro atoms. The van der Waals surface area contributed by atoms with Gasteiger partial charge < -0.3 is 10.2 Å². The molecule has 2 heterocycles. The SMILES string of the molecule is Cc1sc(NC(=O)c2ccccc2)c([C@@H](c2ccc(Cl)cc2)[NH+]2CCCCC2)c1C. The summed E-state index contributed by atoms with van der Waals surface area (Å²) >= 11 is 7.87. The van der Waals surface area contributed by atoms with Crippen molar-refractivity contribution in [2.24, 2.45) is 0 Å². The van der Waals surface area contributed by atoms with Gasteiger partial charge in [0.15, 0.2) is 0 Å².